The fourth-order valence-electron chi connectivity index (χ4n) is 4.05. The molecule has 6 nitrogen and oxygen atoms in total. The minimum absolute atomic E-state index is 0.0277. The molecule has 1 saturated carbocycles. The van der Waals surface area contributed by atoms with Crippen molar-refractivity contribution < 1.29 is 9.53 Å². The predicted octanol–water partition coefficient (Wildman–Crippen LogP) is 4.42. The maximum atomic E-state index is 13.2. The van der Waals surface area contributed by atoms with Crippen LogP contribution in [0.3, 0.4) is 0 Å². The van der Waals surface area contributed by atoms with Gasteiger partial charge in [-0.1, -0.05) is 35.9 Å². The van der Waals surface area contributed by atoms with Crippen LogP contribution in [0.4, 0.5) is 5.95 Å². The molecule has 0 saturated heterocycles. The molecule has 2 aliphatic rings. The van der Waals surface area contributed by atoms with Gasteiger partial charge in [0.25, 0.3) is 0 Å². The van der Waals surface area contributed by atoms with E-state index < -0.39 is 0 Å². The molecule has 0 bridgehead atoms. The first-order valence-electron chi connectivity index (χ1n) is 9.77. The second-order valence-electron chi connectivity index (χ2n) is 7.58. The first-order chi connectivity index (χ1) is 14.2. The molecule has 2 aromatic carbocycles. The van der Waals surface area contributed by atoms with Gasteiger partial charge < -0.3 is 4.74 Å². The molecule has 1 amide bonds. The molecule has 7 heteroatoms. The maximum Gasteiger partial charge on any atom is 0.233 e. The van der Waals surface area contributed by atoms with Crippen LogP contribution in [0.25, 0.3) is 0 Å². The van der Waals surface area contributed by atoms with Crippen LogP contribution < -0.4 is 9.64 Å². The average molecular weight is 409 g/mol. The highest BCUT2D eigenvalue weighted by molar-refractivity contribution is 6.30. The van der Waals surface area contributed by atoms with E-state index >= 15 is 0 Å². The highest BCUT2D eigenvalue weighted by Crippen LogP contribution is 2.45. The van der Waals surface area contributed by atoms with Crippen molar-refractivity contribution >= 4 is 23.5 Å². The number of carbonyl (C=O) groups excluding carboxylic acids is 1. The third-order valence-corrected chi connectivity index (χ3v) is 5.99. The number of anilines is 1. The van der Waals surface area contributed by atoms with E-state index in [2.05, 4.69) is 10.1 Å². The first kappa shape index (κ1) is 18.2. The molecule has 0 N–H and O–H groups in total. The van der Waals surface area contributed by atoms with Crippen molar-refractivity contribution in [1.82, 2.24) is 14.8 Å². The smallest absolute Gasteiger partial charge is 0.233 e. The topological polar surface area (TPSA) is 60.2 Å². The first-order valence-corrected chi connectivity index (χ1v) is 10.2. The third kappa shape index (κ3) is 3.27. The van der Waals surface area contributed by atoms with Crippen molar-refractivity contribution in [2.75, 3.05) is 12.0 Å². The third-order valence-electron chi connectivity index (χ3n) is 5.74. The second kappa shape index (κ2) is 7.19. The van der Waals surface area contributed by atoms with Crippen molar-refractivity contribution in [2.45, 2.75) is 31.3 Å². The summed E-state index contributed by atoms with van der Waals surface area (Å²) in [5.41, 5.74) is 2.16. The van der Waals surface area contributed by atoms with Gasteiger partial charge in [-0.25, -0.2) is 4.68 Å². The number of fused-ring (bicyclic) bond motifs is 1. The Labute approximate surface area is 174 Å². The van der Waals surface area contributed by atoms with Crippen LogP contribution >= 0.6 is 11.6 Å². The Kier molecular flexibility index (Phi) is 4.51. The van der Waals surface area contributed by atoms with Gasteiger partial charge in [0.05, 0.1) is 19.2 Å². The number of carbonyl (C=O) groups is 1. The Morgan fingerprint density at radius 1 is 1.03 bits per heavy atom. The Morgan fingerprint density at radius 2 is 1.69 bits per heavy atom. The molecule has 148 valence electrons. The quantitative estimate of drug-likeness (QED) is 0.641. The number of nitrogens with zero attached hydrogens (tertiary/aromatic N) is 4. The fourth-order valence-corrected chi connectivity index (χ4v) is 4.17. The summed E-state index contributed by atoms with van der Waals surface area (Å²) in [4.78, 5) is 19.5. The van der Waals surface area contributed by atoms with Crippen molar-refractivity contribution in [3.8, 4) is 5.75 Å². The lowest BCUT2D eigenvalue weighted by atomic mass is 9.91. The number of ether oxygens (including phenoxy) is 1. The molecule has 3 aromatic rings. The lowest BCUT2D eigenvalue weighted by molar-refractivity contribution is -0.120. The van der Waals surface area contributed by atoms with Crippen LogP contribution in [0, 0.1) is 5.92 Å². The van der Waals surface area contributed by atoms with Gasteiger partial charge in [0, 0.05) is 10.9 Å². The zero-order chi connectivity index (χ0) is 20.0. The minimum Gasteiger partial charge on any atom is -0.497 e. The molecule has 2 atom stereocenters. The number of amides is 1. The molecule has 2 heterocycles. The van der Waals surface area contributed by atoms with Crippen LogP contribution in [0.1, 0.15) is 42.5 Å². The van der Waals surface area contributed by atoms with Gasteiger partial charge in [0.15, 0.2) is 0 Å². The van der Waals surface area contributed by atoms with Crippen molar-refractivity contribution in [3.05, 3.63) is 71.0 Å². The van der Waals surface area contributed by atoms with Crippen molar-refractivity contribution in [3.63, 3.8) is 0 Å². The monoisotopic (exact) mass is 408 g/mol. The van der Waals surface area contributed by atoms with E-state index in [0.717, 1.165) is 29.7 Å². The molecule has 29 heavy (non-hydrogen) atoms. The van der Waals surface area contributed by atoms with E-state index in [1.165, 1.54) is 6.33 Å². The van der Waals surface area contributed by atoms with E-state index in [9.17, 15) is 4.79 Å². The molecule has 0 spiro atoms. The zero-order valence-corrected chi connectivity index (χ0v) is 16.8. The molecule has 1 aliphatic carbocycles. The number of rotatable bonds is 4. The van der Waals surface area contributed by atoms with Gasteiger partial charge in [-0.3, -0.25) is 9.69 Å². The Balaban J connectivity index is 1.60. The van der Waals surface area contributed by atoms with Crippen molar-refractivity contribution in [1.29, 1.82) is 0 Å². The molecular formula is C22H21ClN4O2. The highest BCUT2D eigenvalue weighted by atomic mass is 35.5. The molecule has 1 aliphatic heterocycles. The SMILES string of the molecule is COc1ccc([C@@H]2C[C@@H](c3ccc(Cl)cc3)n3ncnc3N2C(=O)C2CC2)cc1. The van der Waals surface area contributed by atoms with Gasteiger partial charge in [-0.15, -0.1) is 0 Å². The van der Waals surface area contributed by atoms with Crippen molar-refractivity contribution in [2.24, 2.45) is 5.92 Å². The van der Waals surface area contributed by atoms with E-state index in [1.807, 2.05) is 58.1 Å². The maximum absolute atomic E-state index is 13.2. The summed E-state index contributed by atoms with van der Waals surface area (Å²) in [5.74, 6) is 1.62. The van der Waals surface area contributed by atoms with Gasteiger partial charge >= 0.3 is 0 Å². The minimum atomic E-state index is -0.119. The van der Waals surface area contributed by atoms with E-state index in [4.69, 9.17) is 16.3 Å². The largest absolute Gasteiger partial charge is 0.497 e. The molecule has 5 rings (SSSR count). The summed E-state index contributed by atoms with van der Waals surface area (Å²) in [7, 11) is 1.65. The number of aromatic nitrogens is 3. The number of benzene rings is 2. The molecule has 0 radical (unpaired) electrons. The molecule has 1 aromatic heterocycles. The number of hydrogen-bond donors (Lipinski definition) is 0. The normalized spacial score (nSPS) is 21.0. The summed E-state index contributed by atoms with van der Waals surface area (Å²) in [5, 5.41) is 5.16. The highest BCUT2D eigenvalue weighted by Gasteiger charge is 2.44. The number of methoxy groups -OCH3 is 1. The second-order valence-corrected chi connectivity index (χ2v) is 8.02. The molecular weight excluding hydrogens is 388 g/mol. The van der Waals surface area contributed by atoms with E-state index in [0.29, 0.717) is 17.4 Å². The summed E-state index contributed by atoms with van der Waals surface area (Å²) in [6.07, 6.45) is 4.13. The Hall–Kier alpha value is -2.86. The van der Waals surface area contributed by atoms with Gasteiger partial charge in [-0.05, 0) is 54.7 Å². The van der Waals surface area contributed by atoms with Crippen LogP contribution in [-0.4, -0.2) is 27.8 Å². The molecule has 1 fully saturated rings. The van der Waals surface area contributed by atoms with Crippen LogP contribution in [0.5, 0.6) is 5.75 Å². The van der Waals surface area contributed by atoms with Crippen LogP contribution in [0.15, 0.2) is 54.9 Å². The Bertz CT molecular complexity index is 1030. The summed E-state index contributed by atoms with van der Waals surface area (Å²) < 4.78 is 7.17. The van der Waals surface area contributed by atoms with E-state index in [1.54, 1.807) is 7.11 Å². The number of halogens is 1. The summed E-state index contributed by atoms with van der Waals surface area (Å²) in [6.45, 7) is 0. The lowest BCUT2D eigenvalue weighted by Gasteiger charge is -2.39. The van der Waals surface area contributed by atoms with Crippen LogP contribution in [-0.2, 0) is 4.79 Å². The summed E-state index contributed by atoms with van der Waals surface area (Å²) >= 11 is 6.09. The zero-order valence-electron chi connectivity index (χ0n) is 16.0. The summed E-state index contributed by atoms with van der Waals surface area (Å²) in [6, 6.07) is 15.6. The number of hydrogen-bond acceptors (Lipinski definition) is 4. The Morgan fingerprint density at radius 3 is 2.34 bits per heavy atom. The average Bonchev–Trinajstić information content (AvgIpc) is 3.50. The van der Waals surface area contributed by atoms with Crippen LogP contribution in [0.2, 0.25) is 5.02 Å². The standard InChI is InChI=1S/C22H21ClN4O2/c1-29-18-10-6-14(7-11-18)19-12-20(15-4-8-17(23)9-5-15)27-22(24-13-25-27)26(19)21(28)16-2-3-16/h4-11,13,16,19-20H,2-3,12H2,1H3/t19-,20-/m0/s1. The predicted molar refractivity (Wildman–Crippen MR) is 110 cm³/mol. The van der Waals surface area contributed by atoms with E-state index in [-0.39, 0.29) is 23.9 Å². The lowest BCUT2D eigenvalue weighted by Crippen LogP contribution is -2.43. The van der Waals surface area contributed by atoms with Gasteiger partial charge in [0.2, 0.25) is 11.9 Å². The van der Waals surface area contributed by atoms with Gasteiger partial charge in [0.1, 0.15) is 12.1 Å². The fraction of sp³-hybridized carbons (Fsp3) is 0.318. The molecule has 0 unspecified atom stereocenters. The van der Waals surface area contributed by atoms with Gasteiger partial charge in [-0.2, -0.15) is 10.1 Å².